The summed E-state index contributed by atoms with van der Waals surface area (Å²) in [4.78, 5) is 11.6. The zero-order valence-corrected chi connectivity index (χ0v) is 11.7. The zero-order chi connectivity index (χ0) is 14.5. The second-order valence-corrected chi connectivity index (χ2v) is 5.85. The number of amides is 1. The van der Waals surface area contributed by atoms with Gasteiger partial charge in [0.05, 0.1) is 6.54 Å². The number of rotatable bonds is 4. The molecule has 0 bridgehead atoms. The molecule has 1 aromatic rings. The summed E-state index contributed by atoms with van der Waals surface area (Å²) in [7, 11) is 0. The third kappa shape index (κ3) is 6.29. The van der Waals surface area contributed by atoms with E-state index in [1.54, 1.807) is 30.3 Å². The molecule has 9 heteroatoms. The highest BCUT2D eigenvalue weighted by atomic mass is 35.6. The first-order chi connectivity index (χ1) is 8.79. The summed E-state index contributed by atoms with van der Waals surface area (Å²) in [6, 6.07) is 8.47. The molecule has 0 heterocycles. The van der Waals surface area contributed by atoms with Gasteiger partial charge in [-0.2, -0.15) is 0 Å². The Balaban J connectivity index is 2.61. The number of hydrogen-bond donors (Lipinski definition) is 3. The SMILES string of the molecule is O=C(Nc1ccccc1)OC(CN(O)O)C(Cl)(Cl)Cl. The van der Waals surface area contributed by atoms with Crippen molar-refractivity contribution in [3.8, 4) is 0 Å². The van der Waals surface area contributed by atoms with Crippen LogP contribution in [-0.4, -0.2) is 38.2 Å². The van der Waals surface area contributed by atoms with Gasteiger partial charge in [0.15, 0.2) is 6.10 Å². The minimum absolute atomic E-state index is 0.234. The average molecular weight is 330 g/mol. The topological polar surface area (TPSA) is 82.0 Å². The highest BCUT2D eigenvalue weighted by Gasteiger charge is 2.37. The van der Waals surface area contributed by atoms with Crippen LogP contribution < -0.4 is 5.32 Å². The van der Waals surface area contributed by atoms with E-state index >= 15 is 0 Å². The molecular weight excluding hydrogens is 318 g/mol. The Bertz CT molecular complexity index is 411. The van der Waals surface area contributed by atoms with Crippen LogP contribution in [0, 0.1) is 0 Å². The van der Waals surface area contributed by atoms with E-state index in [4.69, 9.17) is 50.0 Å². The normalized spacial score (nSPS) is 13.2. The molecule has 1 amide bonds. The number of hydrogen-bond acceptors (Lipinski definition) is 5. The molecule has 0 aliphatic rings. The highest BCUT2D eigenvalue weighted by molar-refractivity contribution is 6.68. The molecular formula is C10H11Cl3N2O4. The molecule has 3 N–H and O–H groups in total. The van der Waals surface area contributed by atoms with Crippen LogP contribution in [-0.2, 0) is 4.74 Å². The van der Waals surface area contributed by atoms with Crippen molar-refractivity contribution in [2.24, 2.45) is 0 Å². The fraction of sp³-hybridized carbons (Fsp3) is 0.300. The Hall–Kier alpha value is -0.760. The summed E-state index contributed by atoms with van der Waals surface area (Å²) in [5.74, 6) is 0. The quantitative estimate of drug-likeness (QED) is 0.584. The lowest BCUT2D eigenvalue weighted by Crippen LogP contribution is -2.41. The minimum Gasteiger partial charge on any atom is -0.440 e. The largest absolute Gasteiger partial charge is 0.440 e. The smallest absolute Gasteiger partial charge is 0.412 e. The van der Waals surface area contributed by atoms with Crippen molar-refractivity contribution in [2.75, 3.05) is 11.9 Å². The maximum atomic E-state index is 11.6. The molecule has 1 unspecified atom stereocenters. The lowest BCUT2D eigenvalue weighted by atomic mass is 10.3. The van der Waals surface area contributed by atoms with Crippen LogP contribution in [0.25, 0.3) is 0 Å². The van der Waals surface area contributed by atoms with E-state index in [0.717, 1.165) is 0 Å². The molecule has 1 atom stereocenters. The summed E-state index contributed by atoms with van der Waals surface area (Å²) in [6.07, 6.45) is -2.25. The van der Waals surface area contributed by atoms with Crippen LogP contribution in [0.2, 0.25) is 0 Å². The molecule has 1 rings (SSSR count). The highest BCUT2D eigenvalue weighted by Crippen LogP contribution is 2.32. The van der Waals surface area contributed by atoms with Crippen molar-refractivity contribution in [1.29, 1.82) is 0 Å². The van der Waals surface area contributed by atoms with Crippen LogP contribution in [0.15, 0.2) is 30.3 Å². The van der Waals surface area contributed by atoms with E-state index < -0.39 is 22.5 Å². The molecule has 0 aliphatic carbocycles. The molecule has 0 spiro atoms. The number of carbonyl (C=O) groups is 1. The zero-order valence-electron chi connectivity index (χ0n) is 9.46. The Morgan fingerprint density at radius 3 is 2.37 bits per heavy atom. The van der Waals surface area contributed by atoms with Crippen molar-refractivity contribution in [1.82, 2.24) is 5.23 Å². The van der Waals surface area contributed by atoms with Gasteiger partial charge in [-0.25, -0.2) is 4.79 Å². The van der Waals surface area contributed by atoms with Crippen molar-refractivity contribution in [3.05, 3.63) is 30.3 Å². The number of ether oxygens (including phenoxy) is 1. The van der Waals surface area contributed by atoms with Gasteiger partial charge in [-0.05, 0) is 12.1 Å². The second-order valence-electron chi connectivity index (χ2n) is 3.48. The van der Waals surface area contributed by atoms with Crippen molar-refractivity contribution in [2.45, 2.75) is 9.90 Å². The molecule has 0 fully saturated rings. The number of benzene rings is 1. The Morgan fingerprint density at radius 2 is 1.89 bits per heavy atom. The summed E-state index contributed by atoms with van der Waals surface area (Å²) >= 11 is 16.7. The van der Waals surface area contributed by atoms with Gasteiger partial charge in [-0.15, -0.1) is 0 Å². The number of para-hydroxylation sites is 1. The lowest BCUT2D eigenvalue weighted by molar-refractivity contribution is -0.314. The number of anilines is 1. The maximum Gasteiger partial charge on any atom is 0.412 e. The number of alkyl halides is 3. The molecule has 0 saturated carbocycles. The molecule has 0 aromatic heterocycles. The summed E-state index contributed by atoms with van der Waals surface area (Å²) in [5.41, 5.74) is 0.487. The molecule has 6 nitrogen and oxygen atoms in total. The van der Waals surface area contributed by atoms with Gasteiger partial charge in [0.25, 0.3) is 0 Å². The first kappa shape index (κ1) is 16.3. The number of carbonyl (C=O) groups excluding carboxylic acids is 1. The predicted molar refractivity (Wildman–Crippen MR) is 70.9 cm³/mol. The third-order valence-electron chi connectivity index (χ3n) is 1.96. The number of halogens is 3. The molecule has 0 radical (unpaired) electrons. The van der Waals surface area contributed by atoms with Gasteiger partial charge in [-0.3, -0.25) is 15.7 Å². The maximum absolute atomic E-state index is 11.6. The van der Waals surface area contributed by atoms with Gasteiger partial charge in [0, 0.05) is 5.69 Å². The van der Waals surface area contributed by atoms with E-state index in [2.05, 4.69) is 5.32 Å². The Kier molecular flexibility index (Phi) is 6.12. The van der Waals surface area contributed by atoms with E-state index in [1.807, 2.05) is 0 Å². The average Bonchev–Trinajstić information content (AvgIpc) is 2.27. The summed E-state index contributed by atoms with van der Waals surface area (Å²) in [5, 5.41) is 19.5. The first-order valence-corrected chi connectivity index (χ1v) is 6.17. The van der Waals surface area contributed by atoms with Crippen LogP contribution in [0.3, 0.4) is 0 Å². The number of nitrogens with zero attached hydrogens (tertiary/aromatic N) is 1. The first-order valence-electron chi connectivity index (χ1n) is 5.03. The number of nitrogens with one attached hydrogen (secondary N) is 1. The van der Waals surface area contributed by atoms with Crippen LogP contribution in [0.1, 0.15) is 0 Å². The molecule has 0 aliphatic heterocycles. The molecule has 1 aromatic carbocycles. The van der Waals surface area contributed by atoms with Gasteiger partial charge in [0.1, 0.15) is 0 Å². The van der Waals surface area contributed by atoms with Gasteiger partial charge < -0.3 is 4.74 Å². The predicted octanol–water partition coefficient (Wildman–Crippen LogP) is 3.05. The van der Waals surface area contributed by atoms with Crippen molar-refractivity contribution < 1.29 is 19.9 Å². The molecule has 19 heavy (non-hydrogen) atoms. The van der Waals surface area contributed by atoms with E-state index in [9.17, 15) is 4.79 Å². The van der Waals surface area contributed by atoms with E-state index in [0.29, 0.717) is 5.69 Å². The van der Waals surface area contributed by atoms with Gasteiger partial charge in [-0.1, -0.05) is 58.2 Å². The fourth-order valence-electron chi connectivity index (χ4n) is 1.15. The van der Waals surface area contributed by atoms with Gasteiger partial charge in [0.2, 0.25) is 3.79 Å². The summed E-state index contributed by atoms with van der Waals surface area (Å²) < 4.78 is 2.82. The van der Waals surface area contributed by atoms with Crippen LogP contribution >= 0.6 is 34.8 Å². The molecule has 0 saturated heterocycles. The van der Waals surface area contributed by atoms with Crippen molar-refractivity contribution >= 4 is 46.6 Å². The summed E-state index contributed by atoms with van der Waals surface area (Å²) in [6.45, 7) is -0.585. The molecule has 106 valence electrons. The second kappa shape index (κ2) is 7.14. The van der Waals surface area contributed by atoms with E-state index in [-0.39, 0.29) is 5.23 Å². The minimum atomic E-state index is -2.00. The van der Waals surface area contributed by atoms with Crippen LogP contribution in [0.4, 0.5) is 10.5 Å². The Labute approximate surface area is 124 Å². The van der Waals surface area contributed by atoms with E-state index in [1.165, 1.54) is 0 Å². The van der Waals surface area contributed by atoms with Crippen LogP contribution in [0.5, 0.6) is 0 Å². The fourth-order valence-corrected chi connectivity index (χ4v) is 1.49. The monoisotopic (exact) mass is 328 g/mol. The third-order valence-corrected chi connectivity index (χ3v) is 2.69. The van der Waals surface area contributed by atoms with Gasteiger partial charge >= 0.3 is 6.09 Å². The van der Waals surface area contributed by atoms with Crippen molar-refractivity contribution in [3.63, 3.8) is 0 Å². The Morgan fingerprint density at radius 1 is 1.32 bits per heavy atom. The standard InChI is InChI=1S/C10H11Cl3N2O4/c11-10(12,13)8(6-15(17)18)19-9(16)14-7-4-2-1-3-5-7/h1-5,8,17-18H,6H2,(H,14,16). The number of hydroxylamine groups is 2. The lowest BCUT2D eigenvalue weighted by Gasteiger charge is -2.25.